The first-order valence-electron chi connectivity index (χ1n) is 9.76. The Bertz CT molecular complexity index is 1130. The molecular weight excluding hydrogens is 489 g/mol. The van der Waals surface area contributed by atoms with Crippen molar-refractivity contribution in [3.8, 4) is 10.7 Å². The van der Waals surface area contributed by atoms with Gasteiger partial charge in [-0.05, 0) is 42.7 Å². The van der Waals surface area contributed by atoms with E-state index in [0.29, 0.717) is 65.2 Å². The van der Waals surface area contributed by atoms with Gasteiger partial charge in [-0.1, -0.05) is 42.9 Å². The molecule has 0 aliphatic carbocycles. The quantitative estimate of drug-likeness (QED) is 0.452. The lowest BCUT2D eigenvalue weighted by Gasteiger charge is -2.43. The van der Waals surface area contributed by atoms with Gasteiger partial charge in [-0.2, -0.15) is 0 Å². The summed E-state index contributed by atoms with van der Waals surface area (Å²) >= 11 is 1.21. The predicted octanol–water partition coefficient (Wildman–Crippen LogP) is 5.29. The number of hydrogen-bond donors (Lipinski definition) is 1. The van der Waals surface area contributed by atoms with Crippen LogP contribution in [0.25, 0.3) is 10.7 Å². The Hall–Kier alpha value is -2.42. The molecule has 1 aliphatic rings. The van der Waals surface area contributed by atoms with Crippen LogP contribution in [0.15, 0.2) is 41.3 Å². The van der Waals surface area contributed by atoms with E-state index in [9.17, 15) is 19.4 Å². The Morgan fingerprint density at radius 2 is 1.64 bits per heavy atom. The Morgan fingerprint density at radius 3 is 2.12 bits per heavy atom. The minimum absolute atomic E-state index is 0.207. The van der Waals surface area contributed by atoms with Gasteiger partial charge in [-0.15, -0.1) is 20.4 Å². The van der Waals surface area contributed by atoms with Crippen LogP contribution < -0.4 is 4.90 Å². The van der Waals surface area contributed by atoms with Gasteiger partial charge < -0.3 is 14.7 Å². The van der Waals surface area contributed by atoms with Gasteiger partial charge in [0, 0.05) is 20.2 Å². The number of nitrogens with zero attached hydrogens (tertiary/aromatic N) is 5. The summed E-state index contributed by atoms with van der Waals surface area (Å²) in [4.78, 5) is 0.0375. The van der Waals surface area contributed by atoms with Gasteiger partial charge in [-0.25, -0.2) is 0 Å². The summed E-state index contributed by atoms with van der Waals surface area (Å²) in [6.45, 7) is 0.734. The van der Waals surface area contributed by atoms with Gasteiger partial charge in [0.2, 0.25) is 0 Å². The predicted molar refractivity (Wildman–Crippen MR) is 115 cm³/mol. The number of rotatable bonds is 6. The molecule has 2 aromatic heterocycles. The molecule has 4 rings (SSSR count). The molecule has 7 nitrogen and oxygen atoms in total. The fourth-order valence-electron chi connectivity index (χ4n) is 3.75. The number of aliphatic hydroxyl groups excluding tert-OH is 1. The van der Waals surface area contributed by atoms with Crippen LogP contribution in [0.3, 0.4) is 0 Å². The first-order chi connectivity index (χ1) is 15.3. The van der Waals surface area contributed by atoms with Crippen molar-refractivity contribution in [2.75, 3.05) is 25.1 Å². The average Bonchev–Trinajstić information content (AvgIpc) is 3.27. The summed E-state index contributed by atoms with van der Waals surface area (Å²) in [5.41, 5.74) is 0.0313. The summed E-state index contributed by atoms with van der Waals surface area (Å²) in [6.07, 6.45) is 0.831. The van der Waals surface area contributed by atoms with Crippen molar-refractivity contribution in [3.63, 3.8) is 0 Å². The molecule has 3 aromatic rings. The van der Waals surface area contributed by atoms with E-state index in [2.05, 4.69) is 20.4 Å². The van der Waals surface area contributed by atoms with E-state index in [1.54, 1.807) is 12.1 Å². The van der Waals surface area contributed by atoms with Crippen molar-refractivity contribution < 1.29 is 29.3 Å². The van der Waals surface area contributed by atoms with Crippen LogP contribution >= 0.6 is 21.6 Å². The second kappa shape index (κ2) is 7.55. The monoisotopic (exact) mass is 509 g/mol. The third-order valence-electron chi connectivity index (χ3n) is 5.58. The highest BCUT2D eigenvalue weighted by Gasteiger charge is 2.65. The topological polar surface area (TPSA) is 84.3 Å². The number of methoxy groups -OCH3 is 1. The lowest BCUT2D eigenvalue weighted by molar-refractivity contribution is -0.0348. The second-order valence-electron chi connectivity index (χ2n) is 7.61. The molecule has 0 atom stereocenters. The van der Waals surface area contributed by atoms with E-state index in [4.69, 9.17) is 9.84 Å². The van der Waals surface area contributed by atoms with Gasteiger partial charge in [0.15, 0.2) is 10.8 Å². The number of aliphatic hydroxyl groups is 1. The van der Waals surface area contributed by atoms with Gasteiger partial charge in [0.05, 0.1) is 12.2 Å². The lowest BCUT2D eigenvalue weighted by atomic mass is 9.84. The first kappa shape index (κ1) is 23.7. The van der Waals surface area contributed by atoms with Gasteiger partial charge >= 0.3 is 10.2 Å². The lowest BCUT2D eigenvalue weighted by Crippen LogP contribution is -2.44. The molecule has 3 heterocycles. The number of hydrogen-bond acceptors (Lipinski definition) is 8. The van der Waals surface area contributed by atoms with Gasteiger partial charge in [0.25, 0.3) is 0 Å². The number of benzene rings is 1. The van der Waals surface area contributed by atoms with E-state index in [1.165, 1.54) is 18.4 Å². The van der Waals surface area contributed by atoms with Crippen LogP contribution in [0.5, 0.6) is 0 Å². The maximum atomic E-state index is 13.0. The minimum atomic E-state index is -9.72. The average molecular weight is 510 g/mol. The largest absolute Gasteiger partial charge is 0.389 e. The van der Waals surface area contributed by atoms with E-state index in [1.807, 2.05) is 4.90 Å². The molecule has 14 heteroatoms. The molecule has 1 aromatic carbocycles. The summed E-state index contributed by atoms with van der Waals surface area (Å²) in [6, 6.07) is 6.47. The number of aromatic nitrogens is 4. The highest BCUT2D eigenvalue weighted by molar-refractivity contribution is 8.45. The molecule has 0 bridgehead atoms. The maximum absolute atomic E-state index is 13.0. The third-order valence-corrected chi connectivity index (χ3v) is 7.68. The van der Waals surface area contributed by atoms with Gasteiger partial charge in [0.1, 0.15) is 15.6 Å². The van der Waals surface area contributed by atoms with E-state index in [0.717, 1.165) is 12.1 Å². The molecule has 0 amide bonds. The minimum Gasteiger partial charge on any atom is -0.389 e. The first-order valence-corrected chi connectivity index (χ1v) is 12.5. The standard InChI is InChI=1S/C19H20F5N5O2S2/c1-31-19(13-2-4-14(5-3-13)33(20,21,22,23)24)8-10-29(11-9-19)16-7-6-15(25-26-16)18-28-27-17(12-30)32-18/h2-7,30H,8-12H2,1H3. The van der Waals surface area contributed by atoms with Crippen molar-refractivity contribution >= 4 is 27.4 Å². The summed E-state index contributed by atoms with van der Waals surface area (Å²) in [7, 11) is -8.27. The molecule has 180 valence electrons. The molecule has 0 radical (unpaired) electrons. The zero-order valence-electron chi connectivity index (χ0n) is 17.3. The van der Waals surface area contributed by atoms with Crippen LogP contribution in [-0.2, 0) is 16.9 Å². The number of halogens is 5. The van der Waals surface area contributed by atoms with E-state index >= 15 is 0 Å². The summed E-state index contributed by atoms with van der Waals surface area (Å²) in [5.74, 6) is 0.603. The van der Waals surface area contributed by atoms with Crippen LogP contribution in [0, 0.1) is 0 Å². The normalized spacial score (nSPS) is 18.6. The number of anilines is 1. The fourth-order valence-corrected chi connectivity index (χ4v) is 5.07. The Morgan fingerprint density at radius 1 is 0.970 bits per heavy atom. The zero-order chi connectivity index (χ0) is 24.0. The SMILES string of the molecule is COC1(c2ccc(S(F)(F)(F)(F)F)cc2)CCN(c2ccc(-c3nnc(CO)s3)nn2)CC1. The molecule has 1 fully saturated rings. The van der Waals surface area contributed by atoms with Crippen molar-refractivity contribution in [3.05, 3.63) is 47.0 Å². The van der Waals surface area contributed by atoms with Crippen molar-refractivity contribution in [1.82, 2.24) is 20.4 Å². The summed E-state index contributed by atoms with van der Waals surface area (Å²) in [5, 5.41) is 26.3. The molecule has 1 N–H and O–H groups in total. The van der Waals surface area contributed by atoms with Crippen molar-refractivity contribution in [2.45, 2.75) is 29.9 Å². The Labute approximate surface area is 190 Å². The zero-order valence-corrected chi connectivity index (χ0v) is 18.9. The van der Waals surface area contributed by atoms with Crippen molar-refractivity contribution in [2.24, 2.45) is 0 Å². The van der Waals surface area contributed by atoms with Crippen LogP contribution in [0.4, 0.5) is 25.2 Å². The third kappa shape index (κ3) is 4.93. The van der Waals surface area contributed by atoms with E-state index in [-0.39, 0.29) is 6.61 Å². The van der Waals surface area contributed by atoms with Gasteiger partial charge in [-0.3, -0.25) is 0 Å². The van der Waals surface area contributed by atoms with Crippen LogP contribution in [0.2, 0.25) is 0 Å². The molecule has 0 unspecified atom stereocenters. The molecular formula is C19H20F5N5O2S2. The highest BCUT2D eigenvalue weighted by atomic mass is 32.5. The summed E-state index contributed by atoms with van der Waals surface area (Å²) < 4.78 is 70.8. The molecule has 1 saturated heterocycles. The molecule has 0 saturated carbocycles. The fraction of sp³-hybridized carbons (Fsp3) is 0.368. The Balaban J connectivity index is 1.47. The number of piperidine rings is 1. The van der Waals surface area contributed by atoms with E-state index < -0.39 is 20.7 Å². The second-order valence-corrected chi connectivity index (χ2v) is 11.1. The van der Waals surface area contributed by atoms with Crippen LogP contribution in [-0.4, -0.2) is 45.7 Å². The molecule has 0 spiro atoms. The Kier molecular flexibility index (Phi) is 5.43. The van der Waals surface area contributed by atoms with Crippen LogP contribution in [0.1, 0.15) is 23.4 Å². The molecule has 1 aliphatic heterocycles. The smallest absolute Gasteiger partial charge is 0.310 e. The van der Waals surface area contributed by atoms with Crippen molar-refractivity contribution in [1.29, 1.82) is 0 Å². The highest BCUT2D eigenvalue weighted by Crippen LogP contribution is 3.02. The molecule has 33 heavy (non-hydrogen) atoms. The maximum Gasteiger partial charge on any atom is 0.310 e. The number of ether oxygens (including phenoxy) is 1.